The maximum Gasteiger partial charge on any atom is 0.433 e. The lowest BCUT2D eigenvalue weighted by Gasteiger charge is -2.12. The van der Waals surface area contributed by atoms with E-state index < -0.39 is 33.8 Å². The maximum atomic E-state index is 13.1. The topological polar surface area (TPSA) is 28.7 Å². The Balaban J connectivity index is 2.95. The third kappa shape index (κ3) is 3.23. The Labute approximate surface area is 149 Å². The van der Waals surface area contributed by atoms with Gasteiger partial charge in [-0.2, -0.15) is 31.6 Å². The summed E-state index contributed by atoms with van der Waals surface area (Å²) in [5.41, 5.74) is -4.88. The third-order valence-corrected chi connectivity index (χ3v) is 4.47. The molecule has 24 heavy (non-hydrogen) atoms. The summed E-state index contributed by atoms with van der Waals surface area (Å²) in [7, 11) is 0. The van der Waals surface area contributed by atoms with Crippen LogP contribution in [0.1, 0.15) is 11.3 Å². The number of halogens is 9. The second-order valence-electron chi connectivity index (χ2n) is 4.45. The first-order chi connectivity index (χ1) is 10.9. The minimum Gasteiger partial charge on any atom is -0.240 e. The normalized spacial score (nSPS) is 12.3. The highest BCUT2D eigenvalue weighted by molar-refractivity contribution is 9.10. The van der Waals surface area contributed by atoms with Crippen molar-refractivity contribution in [2.75, 3.05) is 0 Å². The molecule has 128 valence electrons. The highest BCUT2D eigenvalue weighted by Crippen LogP contribution is 2.49. The molecule has 0 aliphatic heterocycles. The van der Waals surface area contributed by atoms with Gasteiger partial charge in [0.25, 0.3) is 0 Å². The molecule has 0 spiro atoms. The summed E-state index contributed by atoms with van der Waals surface area (Å²) in [6.45, 7) is 0. The Bertz CT molecular complexity index is 848. The Hall–Kier alpha value is -1.37. The summed E-state index contributed by atoms with van der Waals surface area (Å²) in [6, 6.07) is 3.42. The molecular weight excluding hydrogens is 449 g/mol. The fourth-order valence-corrected chi connectivity index (χ4v) is 3.19. The van der Waals surface area contributed by atoms with Crippen LogP contribution in [0.3, 0.4) is 0 Å². The standard InChI is InChI=1S/C13H3BrCl2F6N2/c14-9-8(12(17,18)19)11(13(20,21)22)24(4-23)10(9)5-1-2-6(15)7(16)3-5/h1-3H. The van der Waals surface area contributed by atoms with Crippen LogP contribution in [-0.4, -0.2) is 4.57 Å². The first-order valence-electron chi connectivity index (χ1n) is 5.83. The summed E-state index contributed by atoms with van der Waals surface area (Å²) in [5, 5.41) is 8.98. The quantitative estimate of drug-likeness (QED) is 0.449. The molecule has 0 unspecified atom stereocenters. The van der Waals surface area contributed by atoms with E-state index in [4.69, 9.17) is 28.5 Å². The number of rotatable bonds is 1. The summed E-state index contributed by atoms with van der Waals surface area (Å²) < 4.78 is 77.8. The van der Waals surface area contributed by atoms with Crippen LogP contribution >= 0.6 is 39.1 Å². The Morgan fingerprint density at radius 2 is 1.58 bits per heavy atom. The molecule has 0 bridgehead atoms. The highest BCUT2D eigenvalue weighted by Gasteiger charge is 2.50. The van der Waals surface area contributed by atoms with Gasteiger partial charge in [-0.15, -0.1) is 0 Å². The van der Waals surface area contributed by atoms with Crippen LogP contribution in [0.5, 0.6) is 0 Å². The van der Waals surface area contributed by atoms with Gasteiger partial charge < -0.3 is 0 Å². The van der Waals surface area contributed by atoms with Crippen molar-refractivity contribution in [2.24, 2.45) is 0 Å². The molecule has 0 fully saturated rings. The highest BCUT2D eigenvalue weighted by atomic mass is 79.9. The van der Waals surface area contributed by atoms with Crippen LogP contribution in [0.2, 0.25) is 10.0 Å². The minimum atomic E-state index is -5.41. The number of hydrogen-bond donors (Lipinski definition) is 0. The maximum absolute atomic E-state index is 13.1. The van der Waals surface area contributed by atoms with Crippen molar-refractivity contribution in [3.63, 3.8) is 0 Å². The van der Waals surface area contributed by atoms with Gasteiger partial charge >= 0.3 is 12.4 Å². The van der Waals surface area contributed by atoms with Gasteiger partial charge in [0, 0.05) is 5.56 Å². The lowest BCUT2D eigenvalue weighted by molar-refractivity contribution is -0.165. The first kappa shape index (κ1) is 19.0. The predicted octanol–water partition coefficient (Wildman–Crippen LogP) is 6.59. The molecule has 2 rings (SSSR count). The molecule has 0 atom stereocenters. The molecule has 0 saturated carbocycles. The van der Waals surface area contributed by atoms with Crippen molar-refractivity contribution in [1.29, 1.82) is 5.26 Å². The number of benzene rings is 1. The van der Waals surface area contributed by atoms with E-state index in [1.807, 2.05) is 0 Å². The zero-order chi connectivity index (χ0) is 18.4. The molecule has 0 amide bonds. The fourth-order valence-electron chi connectivity index (χ4n) is 2.07. The second-order valence-corrected chi connectivity index (χ2v) is 6.05. The third-order valence-electron chi connectivity index (χ3n) is 2.96. The minimum absolute atomic E-state index is 0.0543. The molecule has 1 aromatic heterocycles. The van der Waals surface area contributed by atoms with Gasteiger partial charge in [-0.25, -0.2) is 4.57 Å². The van der Waals surface area contributed by atoms with Crippen LogP contribution in [0.25, 0.3) is 11.3 Å². The predicted molar refractivity (Wildman–Crippen MR) is 78.6 cm³/mol. The lowest BCUT2D eigenvalue weighted by Crippen LogP contribution is -2.18. The van der Waals surface area contributed by atoms with Gasteiger partial charge in [-0.05, 0) is 28.1 Å². The van der Waals surface area contributed by atoms with E-state index in [1.54, 1.807) is 0 Å². The fraction of sp³-hybridized carbons (Fsp3) is 0.154. The van der Waals surface area contributed by atoms with Gasteiger partial charge in [0.15, 0.2) is 11.9 Å². The van der Waals surface area contributed by atoms with E-state index in [0.717, 1.165) is 18.3 Å². The number of nitriles is 1. The summed E-state index contributed by atoms with van der Waals surface area (Å²) >= 11 is 14.0. The van der Waals surface area contributed by atoms with Crippen LogP contribution < -0.4 is 0 Å². The Morgan fingerprint density at radius 1 is 1.00 bits per heavy atom. The smallest absolute Gasteiger partial charge is 0.240 e. The summed E-state index contributed by atoms with van der Waals surface area (Å²) in [6.07, 6.45) is -9.61. The largest absolute Gasteiger partial charge is 0.433 e. The molecule has 0 radical (unpaired) electrons. The molecule has 11 heteroatoms. The van der Waals surface area contributed by atoms with E-state index in [9.17, 15) is 26.3 Å². The van der Waals surface area contributed by atoms with Crippen LogP contribution in [0.4, 0.5) is 26.3 Å². The monoisotopic (exact) mass is 450 g/mol. The average Bonchev–Trinajstić information content (AvgIpc) is 2.74. The van der Waals surface area contributed by atoms with Gasteiger partial charge in [0.1, 0.15) is 5.56 Å². The molecule has 2 nitrogen and oxygen atoms in total. The molecule has 1 aromatic carbocycles. The Morgan fingerprint density at radius 3 is 2.00 bits per heavy atom. The number of aromatic nitrogens is 1. The van der Waals surface area contributed by atoms with Gasteiger partial charge in [0.2, 0.25) is 0 Å². The van der Waals surface area contributed by atoms with Crippen LogP contribution in [-0.2, 0) is 12.4 Å². The van der Waals surface area contributed by atoms with Gasteiger partial charge in [-0.1, -0.05) is 29.3 Å². The van der Waals surface area contributed by atoms with E-state index in [1.165, 1.54) is 6.07 Å². The van der Waals surface area contributed by atoms with Gasteiger partial charge in [-0.3, -0.25) is 0 Å². The number of alkyl halides is 6. The lowest BCUT2D eigenvalue weighted by atomic mass is 10.1. The second kappa shape index (κ2) is 6.17. The number of nitrogens with zero attached hydrogens (tertiary/aromatic N) is 2. The molecule has 2 aromatic rings. The average molecular weight is 452 g/mol. The Kier molecular flexibility index (Phi) is 4.87. The van der Waals surface area contributed by atoms with Crippen molar-refractivity contribution < 1.29 is 26.3 Å². The van der Waals surface area contributed by atoms with E-state index >= 15 is 0 Å². The van der Waals surface area contributed by atoms with Crippen molar-refractivity contribution in [3.05, 3.63) is 44.0 Å². The van der Waals surface area contributed by atoms with Crippen LogP contribution in [0.15, 0.2) is 22.7 Å². The zero-order valence-corrected chi connectivity index (χ0v) is 14.1. The van der Waals surface area contributed by atoms with Crippen molar-refractivity contribution in [3.8, 4) is 17.5 Å². The van der Waals surface area contributed by atoms with E-state index in [2.05, 4.69) is 15.9 Å². The first-order valence-corrected chi connectivity index (χ1v) is 7.38. The van der Waals surface area contributed by atoms with Gasteiger partial charge in [0.05, 0.1) is 20.2 Å². The van der Waals surface area contributed by atoms with Crippen molar-refractivity contribution in [1.82, 2.24) is 4.57 Å². The van der Waals surface area contributed by atoms with Crippen molar-refractivity contribution >= 4 is 39.1 Å². The summed E-state index contributed by atoms with van der Waals surface area (Å²) in [5.74, 6) is 0. The van der Waals surface area contributed by atoms with E-state index in [0.29, 0.717) is 0 Å². The molecule has 0 aliphatic carbocycles. The SMILES string of the molecule is N#Cn1c(-c2ccc(Cl)c(Cl)c2)c(Br)c(C(F)(F)F)c1C(F)(F)F. The molecule has 0 aliphatic rings. The van der Waals surface area contributed by atoms with Crippen LogP contribution in [0, 0.1) is 11.5 Å². The molecule has 0 N–H and O–H groups in total. The summed E-state index contributed by atoms with van der Waals surface area (Å²) in [4.78, 5) is 0. The van der Waals surface area contributed by atoms with E-state index in [-0.39, 0.29) is 20.2 Å². The molecule has 1 heterocycles. The molecule has 0 saturated heterocycles. The number of hydrogen-bond acceptors (Lipinski definition) is 1. The van der Waals surface area contributed by atoms with Crippen molar-refractivity contribution in [2.45, 2.75) is 12.4 Å². The molecular formula is C13H3BrCl2F6N2. The zero-order valence-electron chi connectivity index (χ0n) is 11.0.